The summed E-state index contributed by atoms with van der Waals surface area (Å²) < 4.78 is 6.51. The first kappa shape index (κ1) is 11.9. The standard InChI is InChI=1S/C12H17BrN2O/c1-9-4-10(13)6-11(5-9)15-12(7-14)2-3-16-8-12/h4-6,15H,2-3,7-8,14H2,1H3. The second-order valence-corrected chi connectivity index (χ2v) is 5.34. The quantitative estimate of drug-likeness (QED) is 0.895. The molecular weight excluding hydrogens is 268 g/mol. The van der Waals surface area contributed by atoms with Crippen LogP contribution in [0.1, 0.15) is 12.0 Å². The molecule has 3 N–H and O–H groups in total. The number of nitrogens with two attached hydrogens (primary N) is 1. The number of benzene rings is 1. The Kier molecular flexibility index (Phi) is 3.52. The van der Waals surface area contributed by atoms with Crippen LogP contribution in [0.3, 0.4) is 0 Å². The second kappa shape index (κ2) is 4.73. The molecule has 0 bridgehead atoms. The molecule has 1 aromatic carbocycles. The molecule has 0 spiro atoms. The molecule has 0 amide bonds. The van der Waals surface area contributed by atoms with Gasteiger partial charge in [0.2, 0.25) is 0 Å². The maximum Gasteiger partial charge on any atom is 0.0750 e. The first-order valence-electron chi connectivity index (χ1n) is 5.47. The Morgan fingerprint density at radius 2 is 2.31 bits per heavy atom. The molecule has 1 aliphatic heterocycles. The molecule has 1 aromatic rings. The van der Waals surface area contributed by atoms with Crippen LogP contribution in [-0.4, -0.2) is 25.3 Å². The molecule has 4 heteroatoms. The van der Waals surface area contributed by atoms with Gasteiger partial charge < -0.3 is 15.8 Å². The number of ether oxygens (including phenoxy) is 1. The van der Waals surface area contributed by atoms with Crippen LogP contribution in [0.15, 0.2) is 22.7 Å². The molecule has 0 radical (unpaired) electrons. The van der Waals surface area contributed by atoms with Gasteiger partial charge in [-0.15, -0.1) is 0 Å². The molecule has 1 saturated heterocycles. The van der Waals surface area contributed by atoms with Gasteiger partial charge >= 0.3 is 0 Å². The van der Waals surface area contributed by atoms with Crippen LogP contribution in [0.2, 0.25) is 0 Å². The van der Waals surface area contributed by atoms with Crippen LogP contribution in [0.5, 0.6) is 0 Å². The molecule has 1 fully saturated rings. The van der Waals surface area contributed by atoms with Gasteiger partial charge in [-0.1, -0.05) is 15.9 Å². The van der Waals surface area contributed by atoms with E-state index in [0.29, 0.717) is 13.2 Å². The Balaban J connectivity index is 2.18. The van der Waals surface area contributed by atoms with Gasteiger partial charge in [-0.25, -0.2) is 0 Å². The smallest absolute Gasteiger partial charge is 0.0750 e. The van der Waals surface area contributed by atoms with Crippen LogP contribution >= 0.6 is 15.9 Å². The van der Waals surface area contributed by atoms with Crippen molar-refractivity contribution in [2.75, 3.05) is 25.1 Å². The second-order valence-electron chi connectivity index (χ2n) is 4.43. The van der Waals surface area contributed by atoms with Crippen molar-refractivity contribution in [3.63, 3.8) is 0 Å². The summed E-state index contributed by atoms with van der Waals surface area (Å²) in [6.45, 7) is 4.15. The lowest BCUT2D eigenvalue weighted by atomic mass is 9.98. The third kappa shape index (κ3) is 2.56. The van der Waals surface area contributed by atoms with Crippen molar-refractivity contribution >= 4 is 21.6 Å². The topological polar surface area (TPSA) is 47.3 Å². The third-order valence-corrected chi connectivity index (χ3v) is 3.40. The minimum Gasteiger partial charge on any atom is -0.379 e. The van der Waals surface area contributed by atoms with Crippen LogP contribution in [0.25, 0.3) is 0 Å². The molecular formula is C12H17BrN2O. The average Bonchev–Trinajstić information content (AvgIpc) is 2.65. The van der Waals surface area contributed by atoms with Gasteiger partial charge in [-0.05, 0) is 37.1 Å². The first-order valence-corrected chi connectivity index (χ1v) is 6.26. The fraction of sp³-hybridized carbons (Fsp3) is 0.500. The molecule has 16 heavy (non-hydrogen) atoms. The number of rotatable bonds is 3. The van der Waals surface area contributed by atoms with E-state index in [2.05, 4.69) is 46.4 Å². The molecule has 2 rings (SSSR count). The number of aryl methyl sites for hydroxylation is 1. The summed E-state index contributed by atoms with van der Waals surface area (Å²) in [6, 6.07) is 6.29. The number of nitrogens with one attached hydrogen (secondary N) is 1. The Bertz CT molecular complexity index is 355. The van der Waals surface area contributed by atoms with Crippen molar-refractivity contribution in [3.8, 4) is 0 Å². The lowest BCUT2D eigenvalue weighted by molar-refractivity contribution is 0.183. The maximum atomic E-state index is 5.84. The Labute approximate surface area is 104 Å². The lowest BCUT2D eigenvalue weighted by Crippen LogP contribution is -2.46. The molecule has 1 atom stereocenters. The van der Waals surface area contributed by atoms with Crippen molar-refractivity contribution in [1.29, 1.82) is 0 Å². The van der Waals surface area contributed by atoms with Gasteiger partial charge in [0.15, 0.2) is 0 Å². The Morgan fingerprint density at radius 3 is 2.88 bits per heavy atom. The van der Waals surface area contributed by atoms with Gasteiger partial charge in [0, 0.05) is 23.3 Å². The van der Waals surface area contributed by atoms with Crippen LogP contribution < -0.4 is 11.1 Å². The van der Waals surface area contributed by atoms with E-state index >= 15 is 0 Å². The van der Waals surface area contributed by atoms with E-state index in [1.807, 2.05) is 0 Å². The van der Waals surface area contributed by atoms with Crippen LogP contribution in [0.4, 0.5) is 5.69 Å². The van der Waals surface area contributed by atoms with Crippen molar-refractivity contribution < 1.29 is 4.74 Å². The molecule has 1 unspecified atom stereocenters. The first-order chi connectivity index (χ1) is 7.63. The number of halogens is 1. The summed E-state index contributed by atoms with van der Waals surface area (Å²) in [7, 11) is 0. The Morgan fingerprint density at radius 1 is 1.50 bits per heavy atom. The van der Waals surface area contributed by atoms with Gasteiger partial charge in [0.05, 0.1) is 12.1 Å². The van der Waals surface area contributed by atoms with Crippen LogP contribution in [0, 0.1) is 6.92 Å². The average molecular weight is 285 g/mol. The fourth-order valence-electron chi connectivity index (χ4n) is 2.03. The molecule has 3 nitrogen and oxygen atoms in total. The van der Waals surface area contributed by atoms with E-state index in [9.17, 15) is 0 Å². The lowest BCUT2D eigenvalue weighted by Gasteiger charge is -2.28. The molecule has 0 aliphatic carbocycles. The van der Waals surface area contributed by atoms with E-state index in [1.54, 1.807) is 0 Å². The fourth-order valence-corrected chi connectivity index (χ4v) is 2.64. The number of hydrogen-bond donors (Lipinski definition) is 2. The van der Waals surface area contributed by atoms with Gasteiger partial charge in [-0.3, -0.25) is 0 Å². The largest absolute Gasteiger partial charge is 0.379 e. The highest BCUT2D eigenvalue weighted by Crippen LogP contribution is 2.26. The highest BCUT2D eigenvalue weighted by molar-refractivity contribution is 9.10. The Hall–Kier alpha value is -0.580. The highest BCUT2D eigenvalue weighted by Gasteiger charge is 2.33. The highest BCUT2D eigenvalue weighted by atomic mass is 79.9. The summed E-state index contributed by atoms with van der Waals surface area (Å²) in [4.78, 5) is 0. The van der Waals surface area contributed by atoms with Crippen molar-refractivity contribution in [2.24, 2.45) is 5.73 Å². The number of hydrogen-bond acceptors (Lipinski definition) is 3. The molecule has 0 saturated carbocycles. The van der Waals surface area contributed by atoms with Gasteiger partial charge in [0.1, 0.15) is 0 Å². The minimum atomic E-state index is -0.0900. The summed E-state index contributed by atoms with van der Waals surface area (Å²) in [5, 5.41) is 3.51. The predicted molar refractivity (Wildman–Crippen MR) is 69.7 cm³/mol. The van der Waals surface area contributed by atoms with E-state index in [-0.39, 0.29) is 5.54 Å². The molecule has 88 valence electrons. The van der Waals surface area contributed by atoms with Crippen molar-refractivity contribution in [3.05, 3.63) is 28.2 Å². The van der Waals surface area contributed by atoms with Crippen molar-refractivity contribution in [1.82, 2.24) is 0 Å². The zero-order valence-corrected chi connectivity index (χ0v) is 11.0. The summed E-state index contributed by atoms with van der Waals surface area (Å²) in [6.07, 6.45) is 0.967. The van der Waals surface area contributed by atoms with E-state index in [4.69, 9.17) is 10.5 Å². The minimum absolute atomic E-state index is 0.0900. The predicted octanol–water partition coefficient (Wildman–Crippen LogP) is 2.29. The van der Waals surface area contributed by atoms with E-state index in [1.165, 1.54) is 5.56 Å². The van der Waals surface area contributed by atoms with E-state index in [0.717, 1.165) is 23.2 Å². The SMILES string of the molecule is Cc1cc(Br)cc(NC2(CN)CCOC2)c1. The summed E-state index contributed by atoms with van der Waals surface area (Å²) in [5.74, 6) is 0. The van der Waals surface area contributed by atoms with Gasteiger partial charge in [-0.2, -0.15) is 0 Å². The molecule has 1 heterocycles. The zero-order chi connectivity index (χ0) is 11.6. The third-order valence-electron chi connectivity index (χ3n) is 2.95. The summed E-state index contributed by atoms with van der Waals surface area (Å²) >= 11 is 3.50. The molecule has 0 aromatic heterocycles. The zero-order valence-electron chi connectivity index (χ0n) is 9.42. The van der Waals surface area contributed by atoms with Crippen LogP contribution in [-0.2, 0) is 4.74 Å². The molecule has 1 aliphatic rings. The normalized spacial score (nSPS) is 24.7. The van der Waals surface area contributed by atoms with E-state index < -0.39 is 0 Å². The number of anilines is 1. The van der Waals surface area contributed by atoms with Crippen molar-refractivity contribution in [2.45, 2.75) is 18.9 Å². The summed E-state index contributed by atoms with van der Waals surface area (Å²) in [5.41, 5.74) is 8.07. The van der Waals surface area contributed by atoms with Gasteiger partial charge in [0.25, 0.3) is 0 Å². The monoisotopic (exact) mass is 284 g/mol. The maximum absolute atomic E-state index is 5.84.